The largest absolute Gasteiger partial charge is 0.326 e. The minimum absolute atomic E-state index is 0.0241. The van der Waals surface area contributed by atoms with Crippen LogP contribution in [0.2, 0.25) is 0 Å². The van der Waals surface area contributed by atoms with E-state index in [2.05, 4.69) is 45.1 Å². The smallest absolute Gasteiger partial charge is 0.224 e. The van der Waals surface area contributed by atoms with Gasteiger partial charge in [-0.05, 0) is 29.9 Å². The lowest BCUT2D eigenvalue weighted by molar-refractivity contribution is -0.116. The fourth-order valence-corrected chi connectivity index (χ4v) is 2.40. The Hall–Kier alpha value is -1.35. The predicted octanol–water partition coefficient (Wildman–Crippen LogP) is 2.93. The van der Waals surface area contributed by atoms with Gasteiger partial charge < -0.3 is 11.1 Å². The van der Waals surface area contributed by atoms with E-state index in [0.29, 0.717) is 6.42 Å². The number of amides is 1. The molecule has 0 saturated heterocycles. The van der Waals surface area contributed by atoms with Gasteiger partial charge in [-0.2, -0.15) is 0 Å². The number of carbonyl (C=O) groups excluding carboxylic acids is 1. The number of nitrogens with two attached hydrogens (primary N) is 1. The zero-order chi connectivity index (χ0) is 13.5. The maximum Gasteiger partial charge on any atom is 0.224 e. The molecule has 0 aliphatic carbocycles. The van der Waals surface area contributed by atoms with Gasteiger partial charge in [0.2, 0.25) is 5.91 Å². The average Bonchev–Trinajstić information content (AvgIpc) is 2.26. The van der Waals surface area contributed by atoms with E-state index in [1.165, 1.54) is 11.1 Å². The molecule has 1 amide bonds. The lowest BCUT2D eigenvalue weighted by Crippen LogP contribution is -2.29. The molecule has 0 radical (unpaired) electrons. The molecule has 3 nitrogen and oxygen atoms in total. The summed E-state index contributed by atoms with van der Waals surface area (Å²) in [6.45, 7) is 8.45. The van der Waals surface area contributed by atoms with E-state index in [9.17, 15) is 4.79 Å². The van der Waals surface area contributed by atoms with Gasteiger partial charge in [0.1, 0.15) is 0 Å². The third kappa shape index (κ3) is 2.41. The molecule has 0 aromatic heterocycles. The molecule has 3 N–H and O–H groups in total. The molecule has 1 heterocycles. The first-order valence-corrected chi connectivity index (χ1v) is 6.48. The monoisotopic (exact) mass is 246 g/mol. The second kappa shape index (κ2) is 4.39. The highest BCUT2D eigenvalue weighted by molar-refractivity contribution is 5.95. The van der Waals surface area contributed by atoms with Crippen LogP contribution < -0.4 is 11.1 Å². The van der Waals surface area contributed by atoms with Crippen LogP contribution in [-0.4, -0.2) is 5.91 Å². The number of hydrogen-bond donors (Lipinski definition) is 2. The topological polar surface area (TPSA) is 55.1 Å². The molecule has 0 bridgehead atoms. The molecule has 2 rings (SSSR count). The molecule has 0 spiro atoms. The zero-order valence-electron chi connectivity index (χ0n) is 11.6. The summed E-state index contributed by atoms with van der Waals surface area (Å²) in [5.74, 6) is 0.0914. The van der Waals surface area contributed by atoms with E-state index in [4.69, 9.17) is 5.73 Å². The van der Waals surface area contributed by atoms with Gasteiger partial charge in [-0.1, -0.05) is 38.5 Å². The molecule has 1 unspecified atom stereocenters. The van der Waals surface area contributed by atoms with Crippen molar-refractivity contribution in [2.24, 2.45) is 11.1 Å². The first-order chi connectivity index (χ1) is 8.29. The lowest BCUT2D eigenvalue weighted by atomic mass is 9.80. The fourth-order valence-electron chi connectivity index (χ4n) is 2.40. The first-order valence-electron chi connectivity index (χ1n) is 6.48. The van der Waals surface area contributed by atoms with Crippen molar-refractivity contribution in [1.82, 2.24) is 0 Å². The van der Waals surface area contributed by atoms with Crippen molar-refractivity contribution in [2.45, 2.75) is 46.6 Å². The molecule has 1 aromatic carbocycles. The van der Waals surface area contributed by atoms with E-state index < -0.39 is 0 Å². The molecule has 0 fully saturated rings. The van der Waals surface area contributed by atoms with Crippen molar-refractivity contribution in [3.8, 4) is 0 Å². The normalized spacial score (nSPS) is 17.1. The van der Waals surface area contributed by atoms with E-state index in [1.54, 1.807) is 0 Å². The van der Waals surface area contributed by atoms with Gasteiger partial charge in [-0.25, -0.2) is 0 Å². The minimum atomic E-state index is -0.0791. The Morgan fingerprint density at radius 2 is 1.94 bits per heavy atom. The third-order valence-electron chi connectivity index (χ3n) is 3.55. The molecule has 1 atom stereocenters. The molecule has 18 heavy (non-hydrogen) atoms. The molecule has 1 aliphatic heterocycles. The Morgan fingerprint density at radius 1 is 1.28 bits per heavy atom. The standard InChI is InChI=1S/C15H22N2O/c1-9-7-10-5-6-12(18)17-13(10)11(8-9)14(16)15(2,3)4/h7-8,14H,5-6,16H2,1-4H3,(H,17,18). The maximum atomic E-state index is 11.6. The Bertz CT molecular complexity index is 486. The summed E-state index contributed by atoms with van der Waals surface area (Å²) in [6, 6.07) is 4.16. The van der Waals surface area contributed by atoms with Crippen molar-refractivity contribution in [3.05, 3.63) is 28.8 Å². The Morgan fingerprint density at radius 3 is 2.56 bits per heavy atom. The zero-order valence-corrected chi connectivity index (χ0v) is 11.6. The molecule has 0 saturated carbocycles. The predicted molar refractivity (Wildman–Crippen MR) is 74.5 cm³/mol. The van der Waals surface area contributed by atoms with Crippen LogP contribution in [0.4, 0.5) is 5.69 Å². The highest BCUT2D eigenvalue weighted by Crippen LogP contribution is 2.38. The number of carbonyl (C=O) groups is 1. The molecular formula is C15H22N2O. The van der Waals surface area contributed by atoms with Gasteiger partial charge in [-0.3, -0.25) is 4.79 Å². The Labute approximate surface area is 109 Å². The van der Waals surface area contributed by atoms with Crippen LogP contribution in [0.1, 0.15) is 49.9 Å². The summed E-state index contributed by atoms with van der Waals surface area (Å²) in [4.78, 5) is 11.6. The lowest BCUT2D eigenvalue weighted by Gasteiger charge is -2.31. The van der Waals surface area contributed by atoms with Gasteiger partial charge in [0, 0.05) is 18.2 Å². The molecular weight excluding hydrogens is 224 g/mol. The number of hydrogen-bond acceptors (Lipinski definition) is 2. The average molecular weight is 246 g/mol. The number of benzene rings is 1. The Kier molecular flexibility index (Phi) is 3.20. The van der Waals surface area contributed by atoms with Gasteiger partial charge in [0.15, 0.2) is 0 Å². The second-order valence-electron chi connectivity index (χ2n) is 6.28. The summed E-state index contributed by atoms with van der Waals surface area (Å²) >= 11 is 0. The van der Waals surface area contributed by atoms with Crippen LogP contribution in [0.3, 0.4) is 0 Å². The van der Waals surface area contributed by atoms with Crippen LogP contribution in [0.5, 0.6) is 0 Å². The van der Waals surface area contributed by atoms with Crippen LogP contribution in [0.25, 0.3) is 0 Å². The van der Waals surface area contributed by atoms with E-state index in [-0.39, 0.29) is 17.4 Å². The number of nitrogens with one attached hydrogen (secondary N) is 1. The third-order valence-corrected chi connectivity index (χ3v) is 3.55. The Balaban J connectivity index is 2.53. The van der Waals surface area contributed by atoms with Crippen molar-refractivity contribution in [1.29, 1.82) is 0 Å². The van der Waals surface area contributed by atoms with Gasteiger partial charge >= 0.3 is 0 Å². The van der Waals surface area contributed by atoms with Crippen molar-refractivity contribution >= 4 is 11.6 Å². The van der Waals surface area contributed by atoms with Crippen molar-refractivity contribution < 1.29 is 4.79 Å². The maximum absolute atomic E-state index is 11.6. The van der Waals surface area contributed by atoms with Gasteiger partial charge in [0.25, 0.3) is 0 Å². The number of rotatable bonds is 1. The second-order valence-corrected chi connectivity index (χ2v) is 6.28. The van der Waals surface area contributed by atoms with E-state index >= 15 is 0 Å². The molecule has 1 aliphatic rings. The molecule has 98 valence electrons. The van der Waals surface area contributed by atoms with Crippen LogP contribution in [0.15, 0.2) is 12.1 Å². The highest BCUT2D eigenvalue weighted by atomic mass is 16.1. The fraction of sp³-hybridized carbons (Fsp3) is 0.533. The van der Waals surface area contributed by atoms with Crippen molar-refractivity contribution in [3.63, 3.8) is 0 Å². The van der Waals surface area contributed by atoms with Crippen LogP contribution >= 0.6 is 0 Å². The van der Waals surface area contributed by atoms with Crippen molar-refractivity contribution in [2.75, 3.05) is 5.32 Å². The van der Waals surface area contributed by atoms with Crippen LogP contribution in [-0.2, 0) is 11.2 Å². The summed E-state index contributed by atoms with van der Waals surface area (Å²) in [6.07, 6.45) is 1.38. The SMILES string of the molecule is Cc1cc2c(c(C(N)C(C)(C)C)c1)NC(=O)CC2. The summed E-state index contributed by atoms with van der Waals surface area (Å²) in [5.41, 5.74) is 10.8. The minimum Gasteiger partial charge on any atom is -0.326 e. The van der Waals surface area contributed by atoms with E-state index in [1.807, 2.05) is 0 Å². The summed E-state index contributed by atoms with van der Waals surface area (Å²) in [5, 5.41) is 2.99. The number of anilines is 1. The number of aryl methyl sites for hydroxylation is 2. The number of fused-ring (bicyclic) bond motifs is 1. The van der Waals surface area contributed by atoms with Gasteiger partial charge in [0.05, 0.1) is 0 Å². The molecule has 1 aromatic rings. The summed E-state index contributed by atoms with van der Waals surface area (Å²) in [7, 11) is 0. The van der Waals surface area contributed by atoms with E-state index in [0.717, 1.165) is 17.7 Å². The van der Waals surface area contributed by atoms with Gasteiger partial charge in [-0.15, -0.1) is 0 Å². The van der Waals surface area contributed by atoms with Crippen LogP contribution in [0, 0.1) is 12.3 Å². The quantitative estimate of drug-likeness (QED) is 0.800. The molecule has 3 heteroatoms. The summed E-state index contributed by atoms with van der Waals surface area (Å²) < 4.78 is 0. The first kappa shape index (κ1) is 13.1. The highest BCUT2D eigenvalue weighted by Gasteiger charge is 2.28.